The molecule has 1 aliphatic rings. The van der Waals surface area contributed by atoms with Crippen LogP contribution in [0.5, 0.6) is 0 Å². The first-order chi connectivity index (χ1) is 8.66. The van der Waals surface area contributed by atoms with Gasteiger partial charge in [-0.25, -0.2) is 4.79 Å². The Bertz CT molecular complexity index is 450. The second-order valence-electron chi connectivity index (χ2n) is 4.81. The van der Waals surface area contributed by atoms with Gasteiger partial charge in [0.05, 0.1) is 0 Å². The second kappa shape index (κ2) is 6.11. The average molecular weight is 251 g/mol. The van der Waals surface area contributed by atoms with E-state index in [1.54, 1.807) is 4.57 Å². The minimum absolute atomic E-state index is 0.152. The van der Waals surface area contributed by atoms with Gasteiger partial charge in [-0.2, -0.15) is 4.98 Å². The van der Waals surface area contributed by atoms with E-state index in [4.69, 9.17) is 4.74 Å². The Hall–Kier alpha value is -1.20. The van der Waals surface area contributed by atoms with E-state index in [0.717, 1.165) is 44.0 Å². The van der Waals surface area contributed by atoms with Crippen molar-refractivity contribution in [3.05, 3.63) is 27.9 Å². The summed E-state index contributed by atoms with van der Waals surface area (Å²) in [6.07, 6.45) is 2.11. The van der Waals surface area contributed by atoms with E-state index in [9.17, 15) is 4.79 Å². The van der Waals surface area contributed by atoms with Gasteiger partial charge in [-0.1, -0.05) is 0 Å². The Morgan fingerprint density at radius 1 is 1.44 bits per heavy atom. The molecule has 0 saturated carbocycles. The van der Waals surface area contributed by atoms with Gasteiger partial charge in [-0.3, -0.25) is 4.57 Å². The summed E-state index contributed by atoms with van der Waals surface area (Å²) in [5.74, 6) is 0. The molecule has 2 heterocycles. The van der Waals surface area contributed by atoms with Crippen LogP contribution in [-0.4, -0.2) is 35.4 Å². The molecule has 0 spiro atoms. The predicted octanol–water partition coefficient (Wildman–Crippen LogP) is 0.629. The maximum absolute atomic E-state index is 11.7. The zero-order chi connectivity index (χ0) is 13.0. The van der Waals surface area contributed by atoms with Gasteiger partial charge in [-0.15, -0.1) is 0 Å². The van der Waals surface area contributed by atoms with E-state index in [-0.39, 0.29) is 5.69 Å². The van der Waals surface area contributed by atoms with Crippen molar-refractivity contribution in [3.63, 3.8) is 0 Å². The smallest absolute Gasteiger partial charge is 0.347 e. The van der Waals surface area contributed by atoms with Gasteiger partial charge in [0, 0.05) is 43.7 Å². The lowest BCUT2D eigenvalue weighted by atomic mass is 10.1. The molecule has 1 aromatic heterocycles. The molecular weight excluding hydrogens is 230 g/mol. The van der Waals surface area contributed by atoms with Crippen molar-refractivity contribution in [2.45, 2.75) is 39.3 Å². The Morgan fingerprint density at radius 2 is 2.17 bits per heavy atom. The molecule has 5 heteroatoms. The summed E-state index contributed by atoms with van der Waals surface area (Å²) in [4.78, 5) is 15.7. The van der Waals surface area contributed by atoms with Crippen molar-refractivity contribution < 1.29 is 4.74 Å². The highest BCUT2D eigenvalue weighted by Gasteiger charge is 2.12. The first-order valence-corrected chi connectivity index (χ1v) is 6.53. The van der Waals surface area contributed by atoms with Gasteiger partial charge in [0.25, 0.3) is 0 Å². The first kappa shape index (κ1) is 13.2. The van der Waals surface area contributed by atoms with Crippen molar-refractivity contribution in [1.29, 1.82) is 0 Å². The Labute approximate surface area is 107 Å². The molecule has 2 rings (SSSR count). The van der Waals surface area contributed by atoms with E-state index in [2.05, 4.69) is 10.3 Å². The van der Waals surface area contributed by atoms with Gasteiger partial charge in [0.2, 0.25) is 0 Å². The number of aromatic nitrogens is 2. The number of nitrogens with zero attached hydrogens (tertiary/aromatic N) is 2. The molecule has 0 aliphatic carbocycles. The number of hydrogen-bond donors (Lipinski definition) is 1. The minimum Gasteiger partial charge on any atom is -0.381 e. The summed E-state index contributed by atoms with van der Waals surface area (Å²) in [7, 11) is 0. The van der Waals surface area contributed by atoms with Crippen molar-refractivity contribution in [1.82, 2.24) is 14.9 Å². The zero-order valence-electron chi connectivity index (χ0n) is 11.1. The zero-order valence-corrected chi connectivity index (χ0v) is 11.1. The van der Waals surface area contributed by atoms with E-state index < -0.39 is 0 Å². The molecule has 100 valence electrons. The maximum Gasteiger partial charge on any atom is 0.347 e. The van der Waals surface area contributed by atoms with Gasteiger partial charge >= 0.3 is 5.69 Å². The molecule has 18 heavy (non-hydrogen) atoms. The lowest BCUT2D eigenvalue weighted by molar-refractivity contribution is 0.0778. The fourth-order valence-electron chi connectivity index (χ4n) is 2.33. The summed E-state index contributed by atoms with van der Waals surface area (Å²) < 4.78 is 7.03. The van der Waals surface area contributed by atoms with Crippen LogP contribution in [0.2, 0.25) is 0 Å². The molecule has 0 radical (unpaired) electrons. The van der Waals surface area contributed by atoms with Crippen LogP contribution in [0, 0.1) is 13.8 Å². The maximum atomic E-state index is 11.7. The van der Waals surface area contributed by atoms with Crippen LogP contribution >= 0.6 is 0 Å². The molecule has 1 aliphatic heterocycles. The van der Waals surface area contributed by atoms with Crippen molar-refractivity contribution in [3.8, 4) is 0 Å². The normalized spacial score (nSPS) is 17.0. The lowest BCUT2D eigenvalue weighted by Gasteiger charge is -2.23. The standard InChI is InChI=1S/C13H21N3O2/c1-10-9-11(2)16(13(17)15-10)6-5-14-12-3-7-18-8-4-12/h9,12,14H,3-8H2,1-2H3. The van der Waals surface area contributed by atoms with Gasteiger partial charge in [-0.05, 0) is 32.8 Å². The van der Waals surface area contributed by atoms with Crippen molar-refractivity contribution in [2.24, 2.45) is 0 Å². The van der Waals surface area contributed by atoms with Crippen LogP contribution in [-0.2, 0) is 11.3 Å². The van der Waals surface area contributed by atoms with Crippen LogP contribution in [0.3, 0.4) is 0 Å². The number of nitrogens with one attached hydrogen (secondary N) is 1. The fraction of sp³-hybridized carbons (Fsp3) is 0.692. The number of ether oxygens (including phenoxy) is 1. The predicted molar refractivity (Wildman–Crippen MR) is 69.8 cm³/mol. The van der Waals surface area contributed by atoms with Crippen LogP contribution in [0.4, 0.5) is 0 Å². The quantitative estimate of drug-likeness (QED) is 0.852. The molecule has 0 atom stereocenters. The molecule has 0 aromatic carbocycles. The van der Waals surface area contributed by atoms with E-state index in [1.807, 2.05) is 19.9 Å². The van der Waals surface area contributed by atoms with E-state index >= 15 is 0 Å². The Balaban J connectivity index is 1.88. The van der Waals surface area contributed by atoms with Crippen molar-refractivity contribution in [2.75, 3.05) is 19.8 Å². The van der Waals surface area contributed by atoms with Crippen LogP contribution in [0.25, 0.3) is 0 Å². The summed E-state index contributed by atoms with van der Waals surface area (Å²) in [6.45, 7) is 6.94. The molecule has 1 aromatic rings. The molecule has 1 saturated heterocycles. The fourth-order valence-corrected chi connectivity index (χ4v) is 2.33. The number of hydrogen-bond acceptors (Lipinski definition) is 4. The van der Waals surface area contributed by atoms with Crippen molar-refractivity contribution >= 4 is 0 Å². The third-order valence-electron chi connectivity index (χ3n) is 3.34. The lowest BCUT2D eigenvalue weighted by Crippen LogP contribution is -2.38. The third kappa shape index (κ3) is 3.40. The molecule has 0 bridgehead atoms. The highest BCUT2D eigenvalue weighted by atomic mass is 16.5. The largest absolute Gasteiger partial charge is 0.381 e. The molecule has 5 nitrogen and oxygen atoms in total. The van der Waals surface area contributed by atoms with Gasteiger partial charge in [0.15, 0.2) is 0 Å². The summed E-state index contributed by atoms with van der Waals surface area (Å²) in [6, 6.07) is 2.46. The Morgan fingerprint density at radius 3 is 2.83 bits per heavy atom. The highest BCUT2D eigenvalue weighted by molar-refractivity contribution is 5.06. The van der Waals surface area contributed by atoms with Gasteiger partial charge < -0.3 is 10.1 Å². The monoisotopic (exact) mass is 251 g/mol. The Kier molecular flexibility index (Phi) is 4.49. The summed E-state index contributed by atoms with van der Waals surface area (Å²) in [5.41, 5.74) is 1.61. The molecule has 1 N–H and O–H groups in total. The SMILES string of the molecule is Cc1cc(C)n(CCNC2CCOCC2)c(=O)n1. The van der Waals surface area contributed by atoms with E-state index in [0.29, 0.717) is 12.6 Å². The second-order valence-corrected chi connectivity index (χ2v) is 4.81. The van der Waals surface area contributed by atoms with Crippen LogP contribution in [0.1, 0.15) is 24.2 Å². The molecule has 0 amide bonds. The molecule has 0 unspecified atom stereocenters. The summed E-state index contributed by atoms with van der Waals surface area (Å²) >= 11 is 0. The number of aryl methyl sites for hydroxylation is 2. The minimum atomic E-state index is -0.152. The summed E-state index contributed by atoms with van der Waals surface area (Å²) in [5, 5.41) is 3.47. The third-order valence-corrected chi connectivity index (χ3v) is 3.34. The van der Waals surface area contributed by atoms with E-state index in [1.165, 1.54) is 0 Å². The first-order valence-electron chi connectivity index (χ1n) is 6.53. The van der Waals surface area contributed by atoms with Crippen LogP contribution in [0.15, 0.2) is 10.9 Å². The molecule has 1 fully saturated rings. The van der Waals surface area contributed by atoms with Crippen LogP contribution < -0.4 is 11.0 Å². The molecular formula is C13H21N3O2. The average Bonchev–Trinajstić information content (AvgIpc) is 2.34. The topological polar surface area (TPSA) is 56.2 Å². The van der Waals surface area contributed by atoms with Gasteiger partial charge in [0.1, 0.15) is 0 Å². The highest BCUT2D eigenvalue weighted by Crippen LogP contribution is 2.05. The number of rotatable bonds is 4.